The highest BCUT2D eigenvalue weighted by Gasteiger charge is 2.29. The fourth-order valence-corrected chi connectivity index (χ4v) is 5.35. The maximum absolute atomic E-state index is 12.8. The Morgan fingerprint density at radius 2 is 1.81 bits per heavy atom. The number of carbonyl (C=O) groups is 1. The number of nitrogens with one attached hydrogen (secondary N) is 1. The maximum atomic E-state index is 12.8. The number of hydrogen-bond acceptors (Lipinski definition) is 3. The molecule has 1 fully saturated rings. The highest BCUT2D eigenvalue weighted by molar-refractivity contribution is 7.89. The largest absolute Gasteiger partial charge is 0.326 e. The summed E-state index contributed by atoms with van der Waals surface area (Å²) in [6.45, 7) is 2.95. The third-order valence-electron chi connectivity index (χ3n) is 4.81. The Kier molecular flexibility index (Phi) is 6.19. The number of nitrogens with zero attached hydrogens (tertiary/aromatic N) is 1. The predicted molar refractivity (Wildman–Crippen MR) is 108 cm³/mol. The average Bonchev–Trinajstić information content (AvgIpc) is 3.20. The van der Waals surface area contributed by atoms with Gasteiger partial charge < -0.3 is 5.32 Å². The first-order valence-electron chi connectivity index (χ1n) is 9.09. The Hall–Kier alpha value is -1.89. The van der Waals surface area contributed by atoms with Gasteiger partial charge in [0, 0.05) is 18.8 Å². The molecule has 27 heavy (non-hydrogen) atoms. The van der Waals surface area contributed by atoms with Crippen molar-refractivity contribution in [2.45, 2.75) is 37.0 Å². The van der Waals surface area contributed by atoms with Gasteiger partial charge in [-0.05, 0) is 43.0 Å². The van der Waals surface area contributed by atoms with E-state index in [4.69, 9.17) is 11.6 Å². The molecular weight excluding hydrogens is 384 g/mol. The van der Waals surface area contributed by atoms with E-state index in [0.717, 1.165) is 18.4 Å². The smallest absolute Gasteiger partial charge is 0.244 e. The number of rotatable bonds is 6. The van der Waals surface area contributed by atoms with Crippen LogP contribution in [0.5, 0.6) is 0 Å². The Morgan fingerprint density at radius 1 is 1.15 bits per heavy atom. The zero-order valence-electron chi connectivity index (χ0n) is 15.2. The molecule has 0 aliphatic carbocycles. The number of amides is 1. The van der Waals surface area contributed by atoms with Crippen LogP contribution in [0.1, 0.15) is 37.7 Å². The van der Waals surface area contributed by atoms with Gasteiger partial charge in [-0.15, -0.1) is 0 Å². The van der Waals surface area contributed by atoms with Crippen LogP contribution in [0, 0.1) is 0 Å². The summed E-state index contributed by atoms with van der Waals surface area (Å²) in [5.74, 6) is -0.476. The molecule has 1 saturated heterocycles. The van der Waals surface area contributed by atoms with E-state index in [2.05, 4.69) is 5.32 Å². The molecule has 1 heterocycles. The van der Waals surface area contributed by atoms with Crippen molar-refractivity contribution in [2.75, 3.05) is 18.4 Å². The van der Waals surface area contributed by atoms with Crippen molar-refractivity contribution in [3.63, 3.8) is 0 Å². The average molecular weight is 407 g/mol. The first kappa shape index (κ1) is 19.9. The van der Waals surface area contributed by atoms with Crippen LogP contribution in [0.15, 0.2) is 53.4 Å². The van der Waals surface area contributed by atoms with E-state index in [0.29, 0.717) is 25.2 Å². The fourth-order valence-electron chi connectivity index (χ4n) is 3.33. The van der Waals surface area contributed by atoms with Gasteiger partial charge in [0.2, 0.25) is 15.9 Å². The normalized spacial score (nSPS) is 16.2. The second kappa shape index (κ2) is 8.42. The standard InChI is InChI=1S/C20H23ClN2O3S/c1-2-17(15-8-4-3-5-9-15)20(24)22-16-10-11-18(21)19(14-16)27(25,26)23-12-6-7-13-23/h3-5,8-11,14,17H,2,6-7,12-13H2,1H3,(H,22,24)/t17-/m0/s1. The molecule has 5 nitrogen and oxygen atoms in total. The molecule has 1 aliphatic heterocycles. The van der Waals surface area contributed by atoms with Crippen LogP contribution in [0.3, 0.4) is 0 Å². The van der Waals surface area contributed by atoms with Gasteiger partial charge in [-0.1, -0.05) is 48.9 Å². The van der Waals surface area contributed by atoms with Crippen LogP contribution in [0.4, 0.5) is 5.69 Å². The lowest BCUT2D eigenvalue weighted by Crippen LogP contribution is -2.28. The van der Waals surface area contributed by atoms with Crippen LogP contribution in [-0.4, -0.2) is 31.7 Å². The van der Waals surface area contributed by atoms with Crippen LogP contribution < -0.4 is 5.32 Å². The molecule has 2 aromatic carbocycles. The van der Waals surface area contributed by atoms with Crippen molar-refractivity contribution < 1.29 is 13.2 Å². The van der Waals surface area contributed by atoms with E-state index in [1.807, 2.05) is 37.3 Å². The van der Waals surface area contributed by atoms with Gasteiger partial charge in [0.1, 0.15) is 4.90 Å². The summed E-state index contributed by atoms with van der Waals surface area (Å²) in [6, 6.07) is 14.1. The highest BCUT2D eigenvalue weighted by atomic mass is 35.5. The monoisotopic (exact) mass is 406 g/mol. The lowest BCUT2D eigenvalue weighted by molar-refractivity contribution is -0.117. The summed E-state index contributed by atoms with van der Waals surface area (Å²) in [7, 11) is -3.66. The Morgan fingerprint density at radius 3 is 2.44 bits per heavy atom. The topological polar surface area (TPSA) is 66.5 Å². The molecule has 0 aromatic heterocycles. The van der Waals surface area contributed by atoms with Gasteiger partial charge in [-0.2, -0.15) is 4.31 Å². The van der Waals surface area contributed by atoms with Crippen LogP contribution in [-0.2, 0) is 14.8 Å². The minimum atomic E-state index is -3.66. The van der Waals surface area contributed by atoms with Gasteiger partial charge in [0.05, 0.1) is 10.9 Å². The van der Waals surface area contributed by atoms with Crippen molar-refractivity contribution in [1.29, 1.82) is 0 Å². The molecule has 7 heteroatoms. The SMILES string of the molecule is CC[C@H](C(=O)Nc1ccc(Cl)c(S(=O)(=O)N2CCCC2)c1)c1ccccc1. The number of benzene rings is 2. The third kappa shape index (κ3) is 4.34. The van der Waals surface area contributed by atoms with Crippen LogP contribution in [0.2, 0.25) is 5.02 Å². The Labute approximate surface area is 165 Å². The quantitative estimate of drug-likeness (QED) is 0.779. The Bertz CT molecular complexity index is 910. The predicted octanol–water partition coefficient (Wildman–Crippen LogP) is 4.26. The molecule has 2 aromatic rings. The van der Waals surface area contributed by atoms with E-state index in [1.54, 1.807) is 6.07 Å². The number of sulfonamides is 1. The molecule has 3 rings (SSSR count). The number of halogens is 1. The zero-order chi connectivity index (χ0) is 19.4. The molecule has 1 N–H and O–H groups in total. The minimum absolute atomic E-state index is 0.0385. The Balaban J connectivity index is 1.84. The minimum Gasteiger partial charge on any atom is -0.326 e. The van der Waals surface area contributed by atoms with E-state index in [9.17, 15) is 13.2 Å². The fraction of sp³-hybridized carbons (Fsp3) is 0.350. The van der Waals surface area contributed by atoms with E-state index in [1.165, 1.54) is 16.4 Å². The summed E-state index contributed by atoms with van der Waals surface area (Å²) >= 11 is 6.16. The molecule has 0 spiro atoms. The molecule has 1 amide bonds. The second-order valence-corrected chi connectivity index (χ2v) is 8.93. The van der Waals surface area contributed by atoms with Crippen molar-refractivity contribution >= 4 is 33.2 Å². The molecule has 0 saturated carbocycles. The first-order valence-corrected chi connectivity index (χ1v) is 10.9. The summed E-state index contributed by atoms with van der Waals surface area (Å²) in [4.78, 5) is 12.8. The number of hydrogen-bond donors (Lipinski definition) is 1. The summed E-state index contributed by atoms with van der Waals surface area (Å²) in [5.41, 5.74) is 1.35. The van der Waals surface area contributed by atoms with Gasteiger partial charge in [-0.25, -0.2) is 8.42 Å². The van der Waals surface area contributed by atoms with Gasteiger partial charge in [-0.3, -0.25) is 4.79 Å². The van der Waals surface area contributed by atoms with E-state index in [-0.39, 0.29) is 21.7 Å². The van der Waals surface area contributed by atoms with Crippen LogP contribution in [0.25, 0.3) is 0 Å². The van der Waals surface area contributed by atoms with Crippen molar-refractivity contribution in [3.8, 4) is 0 Å². The van der Waals surface area contributed by atoms with Gasteiger partial charge >= 0.3 is 0 Å². The van der Waals surface area contributed by atoms with Crippen molar-refractivity contribution in [3.05, 3.63) is 59.1 Å². The molecule has 1 atom stereocenters. The highest BCUT2D eigenvalue weighted by Crippen LogP contribution is 2.30. The summed E-state index contributed by atoms with van der Waals surface area (Å²) < 4.78 is 27.1. The molecule has 0 bridgehead atoms. The molecule has 144 valence electrons. The number of carbonyl (C=O) groups excluding carboxylic acids is 1. The second-order valence-electron chi connectivity index (χ2n) is 6.62. The molecular formula is C20H23ClN2O3S. The van der Waals surface area contributed by atoms with E-state index >= 15 is 0 Å². The van der Waals surface area contributed by atoms with E-state index < -0.39 is 10.0 Å². The summed E-state index contributed by atoms with van der Waals surface area (Å²) in [6.07, 6.45) is 2.34. The van der Waals surface area contributed by atoms with Crippen LogP contribution >= 0.6 is 11.6 Å². The maximum Gasteiger partial charge on any atom is 0.244 e. The molecule has 0 unspecified atom stereocenters. The number of anilines is 1. The lowest BCUT2D eigenvalue weighted by Gasteiger charge is -2.18. The lowest BCUT2D eigenvalue weighted by atomic mass is 9.95. The molecule has 0 radical (unpaired) electrons. The van der Waals surface area contributed by atoms with Gasteiger partial charge in [0.25, 0.3) is 0 Å². The summed E-state index contributed by atoms with van der Waals surface area (Å²) in [5, 5.41) is 3.00. The van der Waals surface area contributed by atoms with Crippen molar-refractivity contribution in [1.82, 2.24) is 4.31 Å². The third-order valence-corrected chi connectivity index (χ3v) is 7.19. The van der Waals surface area contributed by atoms with Gasteiger partial charge in [0.15, 0.2) is 0 Å². The first-order chi connectivity index (χ1) is 12.9. The molecule has 1 aliphatic rings. The van der Waals surface area contributed by atoms with Crippen molar-refractivity contribution in [2.24, 2.45) is 0 Å². The zero-order valence-corrected chi connectivity index (χ0v) is 16.8.